The number of aromatic nitrogens is 1. The number of rotatable bonds is 8. The first-order valence-electron chi connectivity index (χ1n) is 10.4. The lowest BCUT2D eigenvalue weighted by Crippen LogP contribution is -2.45. The second-order valence-electron chi connectivity index (χ2n) is 7.70. The fourth-order valence-corrected chi connectivity index (χ4v) is 4.22. The van der Waals surface area contributed by atoms with Gasteiger partial charge in [-0.2, -0.15) is 0 Å². The van der Waals surface area contributed by atoms with E-state index in [0.29, 0.717) is 13.0 Å². The summed E-state index contributed by atoms with van der Waals surface area (Å²) in [6, 6.07) is 8.20. The Hall–Kier alpha value is -2.18. The zero-order valence-electron chi connectivity index (χ0n) is 17.6. The second kappa shape index (κ2) is 10.6. The third-order valence-corrected chi connectivity index (χ3v) is 5.96. The van der Waals surface area contributed by atoms with Gasteiger partial charge in [0, 0.05) is 36.6 Å². The van der Waals surface area contributed by atoms with Crippen LogP contribution in [0.5, 0.6) is 5.75 Å². The maximum absolute atomic E-state index is 12.5. The van der Waals surface area contributed by atoms with Crippen molar-refractivity contribution in [3.63, 3.8) is 0 Å². The molecule has 1 aromatic heterocycles. The van der Waals surface area contributed by atoms with Crippen molar-refractivity contribution in [3.05, 3.63) is 47.0 Å². The van der Waals surface area contributed by atoms with E-state index in [1.54, 1.807) is 11.3 Å². The van der Waals surface area contributed by atoms with Crippen LogP contribution in [0.2, 0.25) is 0 Å². The highest BCUT2D eigenvalue weighted by Gasteiger charge is 2.20. The lowest BCUT2D eigenvalue weighted by atomic mass is 10.0. The maximum atomic E-state index is 12.5. The van der Waals surface area contributed by atoms with E-state index in [1.807, 2.05) is 36.6 Å². The molecule has 6 heteroatoms. The Morgan fingerprint density at radius 3 is 2.66 bits per heavy atom. The van der Waals surface area contributed by atoms with Crippen LogP contribution in [-0.2, 0) is 11.2 Å². The lowest BCUT2D eigenvalue weighted by Gasteiger charge is -2.31. The Bertz CT molecular complexity index is 817. The maximum Gasteiger partial charge on any atom is 0.226 e. The molecule has 0 radical (unpaired) electrons. The van der Waals surface area contributed by atoms with Crippen LogP contribution in [0.1, 0.15) is 39.3 Å². The molecule has 0 atom stereocenters. The molecule has 1 N–H and O–H groups in total. The Balaban J connectivity index is 1.46. The van der Waals surface area contributed by atoms with E-state index in [0.717, 1.165) is 54.5 Å². The number of nitrogens with one attached hydrogen (secondary N) is 1. The zero-order chi connectivity index (χ0) is 20.6. The minimum absolute atomic E-state index is 0.0660. The Labute approximate surface area is 177 Å². The van der Waals surface area contributed by atoms with Gasteiger partial charge >= 0.3 is 0 Å². The van der Waals surface area contributed by atoms with Crippen molar-refractivity contribution in [1.82, 2.24) is 15.2 Å². The van der Waals surface area contributed by atoms with Crippen molar-refractivity contribution in [2.75, 3.05) is 26.2 Å². The van der Waals surface area contributed by atoms with Crippen LogP contribution in [0.3, 0.4) is 0 Å². The van der Waals surface area contributed by atoms with Crippen molar-refractivity contribution in [2.24, 2.45) is 0 Å². The highest BCUT2D eigenvalue weighted by Crippen LogP contribution is 2.26. The number of thiazole rings is 1. The predicted octanol–water partition coefficient (Wildman–Crippen LogP) is 4.30. The fraction of sp³-hybridized carbons (Fsp3) is 0.478. The van der Waals surface area contributed by atoms with Crippen LogP contribution in [0.4, 0.5) is 0 Å². The van der Waals surface area contributed by atoms with Crippen molar-refractivity contribution in [1.29, 1.82) is 0 Å². The number of hydrogen-bond acceptors (Lipinski definition) is 5. The molecule has 1 aromatic carbocycles. The third kappa shape index (κ3) is 6.68. The molecule has 0 aliphatic carbocycles. The van der Waals surface area contributed by atoms with Gasteiger partial charge in [-0.05, 0) is 57.9 Å². The third-order valence-electron chi connectivity index (χ3n) is 5.02. The molecule has 0 saturated carbocycles. The number of ether oxygens (including phenoxy) is 1. The first kappa shape index (κ1) is 21.5. The molecule has 29 heavy (non-hydrogen) atoms. The number of allylic oxidation sites excluding steroid dienone is 1. The van der Waals surface area contributed by atoms with Gasteiger partial charge in [0.05, 0.1) is 18.7 Å². The highest BCUT2D eigenvalue weighted by molar-refractivity contribution is 7.13. The summed E-state index contributed by atoms with van der Waals surface area (Å²) >= 11 is 1.57. The summed E-state index contributed by atoms with van der Waals surface area (Å²) in [5, 5.41) is 6.10. The van der Waals surface area contributed by atoms with E-state index in [4.69, 9.17) is 4.74 Å². The molecule has 2 aromatic rings. The Morgan fingerprint density at radius 1 is 1.28 bits per heavy atom. The summed E-state index contributed by atoms with van der Waals surface area (Å²) in [7, 11) is 0. The number of benzene rings is 1. The summed E-state index contributed by atoms with van der Waals surface area (Å²) in [6.07, 6.45) is 4.63. The van der Waals surface area contributed by atoms with Crippen LogP contribution in [0, 0.1) is 0 Å². The van der Waals surface area contributed by atoms with E-state index in [1.165, 1.54) is 5.57 Å². The number of carbonyl (C=O) groups is 1. The van der Waals surface area contributed by atoms with Gasteiger partial charge < -0.3 is 10.1 Å². The second-order valence-corrected chi connectivity index (χ2v) is 8.56. The molecular formula is C23H31N3O2S. The molecular weight excluding hydrogens is 382 g/mol. The van der Waals surface area contributed by atoms with Crippen LogP contribution < -0.4 is 10.1 Å². The zero-order valence-corrected chi connectivity index (χ0v) is 18.4. The summed E-state index contributed by atoms with van der Waals surface area (Å²) in [5.41, 5.74) is 3.24. The molecule has 5 nitrogen and oxygen atoms in total. The van der Waals surface area contributed by atoms with Crippen molar-refractivity contribution in [3.8, 4) is 16.3 Å². The van der Waals surface area contributed by atoms with Crippen LogP contribution >= 0.6 is 11.3 Å². The number of amides is 1. The summed E-state index contributed by atoms with van der Waals surface area (Å²) in [5.74, 6) is 0.926. The number of carbonyl (C=O) groups excluding carboxylic acids is 1. The van der Waals surface area contributed by atoms with Gasteiger partial charge in [0.25, 0.3) is 0 Å². The summed E-state index contributed by atoms with van der Waals surface area (Å²) in [6.45, 7) is 9.97. The van der Waals surface area contributed by atoms with E-state index >= 15 is 0 Å². The van der Waals surface area contributed by atoms with Crippen LogP contribution in [0.25, 0.3) is 10.6 Å². The first-order valence-corrected chi connectivity index (χ1v) is 11.2. The number of likely N-dealkylation sites (tertiary alicyclic amines) is 1. The standard InChI is InChI=1S/C23H31N3O2S/c1-4-28-21-7-5-18(6-8-21)23-25-20(16-29-23)15-22(27)24-19-10-13-26(14-11-19)12-9-17(2)3/h5-9,16,19H,4,10-15H2,1-3H3,(H,24,27). The molecule has 0 bridgehead atoms. The average Bonchev–Trinajstić information content (AvgIpc) is 3.16. The monoisotopic (exact) mass is 413 g/mol. The van der Waals surface area contributed by atoms with Gasteiger partial charge in [0.15, 0.2) is 0 Å². The van der Waals surface area contributed by atoms with Gasteiger partial charge in [-0.3, -0.25) is 9.69 Å². The van der Waals surface area contributed by atoms with E-state index < -0.39 is 0 Å². The summed E-state index contributed by atoms with van der Waals surface area (Å²) in [4.78, 5) is 19.5. The van der Waals surface area contributed by atoms with Crippen molar-refractivity contribution < 1.29 is 9.53 Å². The molecule has 1 saturated heterocycles. The van der Waals surface area contributed by atoms with E-state index in [2.05, 4.69) is 35.1 Å². The highest BCUT2D eigenvalue weighted by atomic mass is 32.1. The number of nitrogens with zero attached hydrogens (tertiary/aromatic N) is 2. The lowest BCUT2D eigenvalue weighted by molar-refractivity contribution is -0.121. The normalized spacial score (nSPS) is 15.1. The smallest absolute Gasteiger partial charge is 0.226 e. The molecule has 1 amide bonds. The van der Waals surface area contributed by atoms with Gasteiger partial charge in [-0.25, -0.2) is 4.98 Å². The molecule has 1 aliphatic heterocycles. The van der Waals surface area contributed by atoms with Gasteiger partial charge in [-0.1, -0.05) is 11.6 Å². The average molecular weight is 414 g/mol. The van der Waals surface area contributed by atoms with Gasteiger partial charge in [-0.15, -0.1) is 11.3 Å². The molecule has 0 unspecified atom stereocenters. The summed E-state index contributed by atoms with van der Waals surface area (Å²) < 4.78 is 5.48. The van der Waals surface area contributed by atoms with Crippen molar-refractivity contribution >= 4 is 17.2 Å². The number of piperidine rings is 1. The minimum atomic E-state index is 0.0660. The molecule has 2 heterocycles. The Morgan fingerprint density at radius 2 is 2.00 bits per heavy atom. The van der Waals surface area contributed by atoms with E-state index in [9.17, 15) is 4.79 Å². The quantitative estimate of drug-likeness (QED) is 0.656. The SMILES string of the molecule is CCOc1ccc(-c2nc(CC(=O)NC3CCN(CC=C(C)C)CC3)cs2)cc1. The number of hydrogen-bond donors (Lipinski definition) is 1. The topological polar surface area (TPSA) is 54.5 Å². The van der Waals surface area contributed by atoms with Gasteiger partial charge in [0.2, 0.25) is 5.91 Å². The molecule has 3 rings (SSSR count). The predicted molar refractivity (Wildman–Crippen MR) is 119 cm³/mol. The molecule has 0 spiro atoms. The van der Waals surface area contributed by atoms with Crippen molar-refractivity contribution in [2.45, 2.75) is 46.1 Å². The van der Waals surface area contributed by atoms with Crippen LogP contribution in [-0.4, -0.2) is 48.1 Å². The molecule has 1 fully saturated rings. The molecule has 156 valence electrons. The fourth-order valence-electron chi connectivity index (χ4n) is 3.40. The first-order chi connectivity index (χ1) is 14.0. The Kier molecular flexibility index (Phi) is 7.83. The minimum Gasteiger partial charge on any atom is -0.494 e. The van der Waals surface area contributed by atoms with Gasteiger partial charge in [0.1, 0.15) is 10.8 Å². The largest absolute Gasteiger partial charge is 0.494 e. The van der Waals surface area contributed by atoms with E-state index in [-0.39, 0.29) is 11.9 Å². The van der Waals surface area contributed by atoms with Crippen LogP contribution in [0.15, 0.2) is 41.3 Å². The molecule has 1 aliphatic rings.